The van der Waals surface area contributed by atoms with Gasteiger partial charge in [-0.1, -0.05) is 37.4 Å². The number of hydrogen-bond acceptors (Lipinski definition) is 10. The molecular weight excluding hydrogens is 594 g/mol. The molecule has 45 heavy (non-hydrogen) atoms. The molecule has 0 N–H and O–H groups in total. The monoisotopic (exact) mass is 620 g/mol. The van der Waals surface area contributed by atoms with Gasteiger partial charge in [-0.05, 0) is 65.7 Å². The summed E-state index contributed by atoms with van der Waals surface area (Å²) in [4.78, 5) is 46.6. The maximum Gasteiger partial charge on any atom is 0.336 e. The van der Waals surface area contributed by atoms with Crippen LogP contribution < -0.4 is 18.9 Å². The summed E-state index contributed by atoms with van der Waals surface area (Å²) in [7, 11) is 0. The van der Waals surface area contributed by atoms with E-state index in [-0.39, 0.29) is 19.3 Å². The Morgan fingerprint density at radius 3 is 1.51 bits per heavy atom. The predicted molar refractivity (Wildman–Crippen MR) is 157 cm³/mol. The highest BCUT2D eigenvalue weighted by Gasteiger charge is 2.18. The van der Waals surface area contributed by atoms with Crippen molar-refractivity contribution in [1.29, 1.82) is 0 Å². The van der Waals surface area contributed by atoms with Crippen molar-refractivity contribution in [3.8, 4) is 23.0 Å². The molecule has 0 bridgehead atoms. The van der Waals surface area contributed by atoms with E-state index in [9.17, 15) is 28.0 Å². The molecule has 3 aromatic carbocycles. The Kier molecular flexibility index (Phi) is 12.8. The average Bonchev–Trinajstić information content (AvgIpc) is 3.04. The highest BCUT2D eigenvalue weighted by molar-refractivity contribution is 5.90. The average molecular weight is 621 g/mol. The second-order valence-electron chi connectivity index (χ2n) is 8.51. The van der Waals surface area contributed by atoms with Crippen molar-refractivity contribution in [2.45, 2.75) is 6.43 Å². The van der Waals surface area contributed by atoms with Crippen molar-refractivity contribution in [3.05, 3.63) is 121 Å². The zero-order valence-electron chi connectivity index (χ0n) is 23.6. The molecule has 12 heteroatoms. The van der Waals surface area contributed by atoms with Crippen LogP contribution in [0.1, 0.15) is 23.1 Å². The highest BCUT2D eigenvalue weighted by Crippen LogP contribution is 2.33. The van der Waals surface area contributed by atoms with Gasteiger partial charge in [0.2, 0.25) is 13.6 Å². The van der Waals surface area contributed by atoms with E-state index in [0.29, 0.717) is 22.6 Å². The van der Waals surface area contributed by atoms with Gasteiger partial charge in [0.15, 0.2) is 0 Å². The first-order valence-corrected chi connectivity index (χ1v) is 12.9. The summed E-state index contributed by atoms with van der Waals surface area (Å²) in [6.07, 6.45) is 3.94. The van der Waals surface area contributed by atoms with Crippen LogP contribution in [0.3, 0.4) is 0 Å². The van der Waals surface area contributed by atoms with Crippen LogP contribution >= 0.6 is 0 Å². The van der Waals surface area contributed by atoms with Crippen LogP contribution in [0.15, 0.2) is 104 Å². The summed E-state index contributed by atoms with van der Waals surface area (Å²) >= 11 is 0. The maximum atomic E-state index is 13.7. The van der Waals surface area contributed by atoms with Crippen molar-refractivity contribution in [3.63, 3.8) is 0 Å². The Bertz CT molecular complexity index is 1580. The van der Waals surface area contributed by atoms with Crippen LogP contribution in [-0.2, 0) is 28.7 Å². The molecule has 0 saturated heterocycles. The molecule has 3 aromatic rings. The predicted octanol–water partition coefficient (Wildman–Crippen LogP) is 5.99. The van der Waals surface area contributed by atoms with Crippen molar-refractivity contribution < 1.29 is 56.4 Å². The lowest BCUT2D eigenvalue weighted by Crippen LogP contribution is -2.08. The number of hydrogen-bond donors (Lipinski definition) is 0. The number of carbonyl (C=O) groups excluding carboxylic acids is 4. The van der Waals surface area contributed by atoms with Crippen molar-refractivity contribution in [2.24, 2.45) is 0 Å². The molecule has 0 aliphatic heterocycles. The number of esters is 4. The number of rotatable bonds is 15. The molecule has 0 aromatic heterocycles. The van der Waals surface area contributed by atoms with Crippen LogP contribution in [0, 0.1) is 0 Å². The second kappa shape index (κ2) is 17.2. The van der Waals surface area contributed by atoms with E-state index >= 15 is 0 Å². The Morgan fingerprint density at radius 1 is 0.622 bits per heavy atom. The molecule has 0 radical (unpaired) electrons. The molecule has 0 unspecified atom stereocenters. The van der Waals surface area contributed by atoms with Gasteiger partial charge in [-0.3, -0.25) is 0 Å². The zero-order valence-corrected chi connectivity index (χ0v) is 23.6. The third-order valence-electron chi connectivity index (χ3n) is 5.42. The van der Waals surface area contributed by atoms with Crippen molar-refractivity contribution in [1.82, 2.24) is 0 Å². The molecular formula is C33H26F2O10. The van der Waals surface area contributed by atoms with E-state index in [1.807, 2.05) is 0 Å². The number of carbonyl (C=O) groups is 4. The molecule has 3 rings (SSSR count). The summed E-state index contributed by atoms with van der Waals surface area (Å²) in [6, 6.07) is 15.9. The highest BCUT2D eigenvalue weighted by atomic mass is 19.3. The van der Waals surface area contributed by atoms with Crippen LogP contribution in [0.2, 0.25) is 0 Å². The van der Waals surface area contributed by atoms with Crippen LogP contribution in [0.4, 0.5) is 8.78 Å². The molecule has 0 aliphatic rings. The first-order chi connectivity index (χ1) is 21.7. The van der Waals surface area contributed by atoms with Crippen LogP contribution in [0.5, 0.6) is 23.0 Å². The van der Waals surface area contributed by atoms with Gasteiger partial charge in [-0.25, -0.2) is 28.0 Å². The summed E-state index contributed by atoms with van der Waals surface area (Å²) in [5, 5.41) is 0. The van der Waals surface area contributed by atoms with Crippen LogP contribution in [-0.4, -0.2) is 37.5 Å². The van der Waals surface area contributed by atoms with Gasteiger partial charge in [0.05, 0.1) is 5.56 Å². The van der Waals surface area contributed by atoms with Gasteiger partial charge in [-0.15, -0.1) is 0 Å². The molecule has 0 atom stereocenters. The smallest absolute Gasteiger partial charge is 0.336 e. The lowest BCUT2D eigenvalue weighted by Gasteiger charge is -2.10. The van der Waals surface area contributed by atoms with Crippen LogP contribution in [0.25, 0.3) is 12.2 Å². The van der Waals surface area contributed by atoms with Gasteiger partial charge in [0, 0.05) is 24.3 Å². The van der Waals surface area contributed by atoms with Gasteiger partial charge >= 0.3 is 23.9 Å². The number of alkyl halides is 2. The summed E-state index contributed by atoms with van der Waals surface area (Å²) in [5.74, 6) is -2.81. The molecule has 0 fully saturated rings. The minimum atomic E-state index is -3.04. The topological polar surface area (TPSA) is 124 Å². The van der Waals surface area contributed by atoms with E-state index in [2.05, 4.69) is 13.2 Å². The Hall–Kier alpha value is -6.04. The van der Waals surface area contributed by atoms with E-state index in [0.717, 1.165) is 36.4 Å². The molecule has 10 nitrogen and oxygen atoms in total. The first-order valence-electron chi connectivity index (χ1n) is 12.9. The van der Waals surface area contributed by atoms with Crippen molar-refractivity contribution in [2.75, 3.05) is 13.6 Å². The Labute approximate surface area is 256 Å². The number of ether oxygens (including phenoxy) is 6. The van der Waals surface area contributed by atoms with Crippen molar-refractivity contribution >= 4 is 36.0 Å². The normalized spacial score (nSPS) is 10.7. The minimum absolute atomic E-state index is 0.185. The SMILES string of the molecule is C=CC(=O)OCOc1ccc(C=CC(=O)Oc2ccc(OC(=O)C=Cc3ccc(OCOC(=O)C=C)cc3)c(C(F)F)c2)cc1. The lowest BCUT2D eigenvalue weighted by atomic mass is 10.2. The van der Waals surface area contributed by atoms with Gasteiger partial charge in [0.25, 0.3) is 6.43 Å². The molecule has 0 aliphatic carbocycles. The summed E-state index contributed by atoms with van der Waals surface area (Å²) in [5.41, 5.74) is 0.517. The second-order valence-corrected chi connectivity index (χ2v) is 8.51. The molecule has 0 amide bonds. The fourth-order valence-corrected chi connectivity index (χ4v) is 3.25. The Balaban J connectivity index is 1.53. The first kappa shape index (κ1) is 33.5. The Morgan fingerprint density at radius 2 is 1.07 bits per heavy atom. The van der Waals surface area contributed by atoms with Gasteiger partial charge < -0.3 is 28.4 Å². The van der Waals surface area contributed by atoms with E-state index in [4.69, 9.17) is 28.4 Å². The maximum absolute atomic E-state index is 13.7. The third kappa shape index (κ3) is 11.6. The van der Waals surface area contributed by atoms with E-state index in [1.54, 1.807) is 48.5 Å². The largest absolute Gasteiger partial charge is 0.457 e. The van der Waals surface area contributed by atoms with E-state index < -0.39 is 41.6 Å². The summed E-state index contributed by atoms with van der Waals surface area (Å²) < 4.78 is 57.5. The fourth-order valence-electron chi connectivity index (χ4n) is 3.25. The standard InChI is InChI=1S/C33H26F2O10/c1-3-29(36)42-20-40-24-11-5-22(6-12-24)9-17-31(38)44-26-15-16-28(27(19-26)33(34)35)45-32(39)18-10-23-7-13-25(14-8-23)41-21-43-30(37)4-2/h3-19,33H,1-2,20-21H2. The van der Waals surface area contributed by atoms with Gasteiger partial charge in [-0.2, -0.15) is 0 Å². The molecule has 0 spiro atoms. The fraction of sp³-hybridized carbons (Fsp3) is 0.0909. The number of benzene rings is 3. The molecule has 0 heterocycles. The summed E-state index contributed by atoms with van der Waals surface area (Å²) in [6.45, 7) is 5.93. The third-order valence-corrected chi connectivity index (χ3v) is 5.42. The van der Waals surface area contributed by atoms with Gasteiger partial charge in [0.1, 0.15) is 23.0 Å². The quantitative estimate of drug-likeness (QED) is 0.0866. The molecule has 0 saturated carbocycles. The number of halogens is 2. The molecule has 232 valence electrons. The zero-order chi connectivity index (χ0) is 32.6. The van der Waals surface area contributed by atoms with E-state index in [1.165, 1.54) is 18.2 Å². The minimum Gasteiger partial charge on any atom is -0.457 e. The lowest BCUT2D eigenvalue weighted by molar-refractivity contribution is -0.145.